The lowest BCUT2D eigenvalue weighted by atomic mass is 9.80. The SMILES string of the molecule is O=C1N[C@H](CN2CCOCC2)[C@@H](COC(c2ccccc2)(c2ccccc2)c2ccccc2)O1. The minimum atomic E-state index is -0.845. The van der Waals surface area contributed by atoms with Crippen LogP contribution in [-0.4, -0.2) is 62.6 Å². The largest absolute Gasteiger partial charge is 0.442 e. The normalized spacial score (nSPS) is 21.1. The molecule has 6 nitrogen and oxygen atoms in total. The fraction of sp³-hybridized carbons (Fsp3) is 0.321. The third kappa shape index (κ3) is 4.71. The molecule has 2 aliphatic rings. The Morgan fingerprint density at radius 3 is 1.82 bits per heavy atom. The number of carbonyl (C=O) groups excluding carboxylic acids is 1. The molecule has 176 valence electrons. The van der Waals surface area contributed by atoms with E-state index in [-0.39, 0.29) is 12.6 Å². The van der Waals surface area contributed by atoms with Crippen molar-refractivity contribution in [2.24, 2.45) is 0 Å². The fourth-order valence-electron chi connectivity index (χ4n) is 4.85. The van der Waals surface area contributed by atoms with Gasteiger partial charge in [-0.15, -0.1) is 0 Å². The maximum atomic E-state index is 12.2. The zero-order valence-electron chi connectivity index (χ0n) is 19.1. The second kappa shape index (κ2) is 10.4. The number of benzene rings is 3. The summed E-state index contributed by atoms with van der Waals surface area (Å²) in [7, 11) is 0. The molecule has 0 aliphatic carbocycles. The molecular formula is C28H30N2O4. The van der Waals surface area contributed by atoms with E-state index in [4.69, 9.17) is 14.2 Å². The molecule has 2 fully saturated rings. The van der Waals surface area contributed by atoms with E-state index in [1.54, 1.807) is 0 Å². The Hall–Kier alpha value is -3.19. The van der Waals surface area contributed by atoms with E-state index in [1.165, 1.54) is 0 Å². The summed E-state index contributed by atoms with van der Waals surface area (Å²) in [5, 5.41) is 2.98. The highest BCUT2D eigenvalue weighted by molar-refractivity contribution is 5.70. The Bertz CT molecular complexity index is 959. The minimum Gasteiger partial charge on any atom is -0.442 e. The quantitative estimate of drug-likeness (QED) is 0.521. The summed E-state index contributed by atoms with van der Waals surface area (Å²) < 4.78 is 18.0. The van der Waals surface area contributed by atoms with Gasteiger partial charge in [-0.05, 0) is 16.7 Å². The van der Waals surface area contributed by atoms with E-state index in [0.717, 1.165) is 29.8 Å². The number of amides is 1. The van der Waals surface area contributed by atoms with E-state index in [1.807, 2.05) is 54.6 Å². The van der Waals surface area contributed by atoms with Gasteiger partial charge in [-0.3, -0.25) is 4.90 Å². The van der Waals surface area contributed by atoms with E-state index in [0.29, 0.717) is 19.8 Å². The van der Waals surface area contributed by atoms with Gasteiger partial charge in [0.25, 0.3) is 0 Å². The molecule has 2 aliphatic heterocycles. The Balaban J connectivity index is 1.48. The van der Waals surface area contributed by atoms with Crippen LogP contribution in [-0.2, 0) is 19.8 Å². The molecule has 0 bridgehead atoms. The highest BCUT2D eigenvalue weighted by Crippen LogP contribution is 2.40. The molecule has 1 amide bonds. The lowest BCUT2D eigenvalue weighted by molar-refractivity contribution is -0.0410. The topological polar surface area (TPSA) is 60.0 Å². The first kappa shape index (κ1) is 22.6. The summed E-state index contributed by atoms with van der Waals surface area (Å²) in [4.78, 5) is 14.5. The summed E-state index contributed by atoms with van der Waals surface area (Å²) in [5.41, 5.74) is 2.22. The zero-order valence-corrected chi connectivity index (χ0v) is 19.1. The van der Waals surface area contributed by atoms with Gasteiger partial charge in [0.1, 0.15) is 11.7 Å². The first-order valence-corrected chi connectivity index (χ1v) is 11.8. The average Bonchev–Trinajstić information content (AvgIpc) is 3.25. The number of carbonyl (C=O) groups is 1. The molecule has 1 N–H and O–H groups in total. The molecular weight excluding hydrogens is 428 g/mol. The van der Waals surface area contributed by atoms with Crippen molar-refractivity contribution in [3.05, 3.63) is 108 Å². The number of cyclic esters (lactones) is 1. The standard InChI is InChI=1S/C28H30N2O4/c31-27-29-25(20-30-16-18-32-19-17-30)26(34-27)21-33-28(22-10-4-1-5-11-22,23-12-6-2-7-13-23)24-14-8-3-9-15-24/h1-15,25-26H,16-21H2,(H,29,31)/t25-,26-/m1/s1. The molecule has 0 aromatic heterocycles. The van der Waals surface area contributed by atoms with Crippen molar-refractivity contribution in [2.45, 2.75) is 17.7 Å². The average molecular weight is 459 g/mol. The molecule has 2 saturated heterocycles. The number of nitrogens with one attached hydrogen (secondary N) is 1. The number of ether oxygens (including phenoxy) is 3. The van der Waals surface area contributed by atoms with Crippen LogP contribution in [0.5, 0.6) is 0 Å². The highest BCUT2D eigenvalue weighted by Gasteiger charge is 2.42. The molecule has 2 heterocycles. The summed E-state index contributed by atoms with van der Waals surface area (Å²) in [6.45, 7) is 4.08. The molecule has 34 heavy (non-hydrogen) atoms. The Morgan fingerprint density at radius 2 is 1.32 bits per heavy atom. The Morgan fingerprint density at radius 1 is 0.824 bits per heavy atom. The third-order valence-electron chi connectivity index (χ3n) is 6.57. The van der Waals surface area contributed by atoms with Gasteiger partial charge in [0.15, 0.2) is 0 Å². The van der Waals surface area contributed by atoms with Crippen LogP contribution < -0.4 is 5.32 Å². The van der Waals surface area contributed by atoms with Crippen molar-refractivity contribution >= 4 is 6.09 Å². The summed E-state index contributed by atoms with van der Waals surface area (Å²) in [6, 6.07) is 30.5. The van der Waals surface area contributed by atoms with Crippen molar-refractivity contribution in [3.8, 4) is 0 Å². The van der Waals surface area contributed by atoms with Gasteiger partial charge in [-0.25, -0.2) is 4.79 Å². The van der Waals surface area contributed by atoms with Gasteiger partial charge < -0.3 is 19.5 Å². The van der Waals surface area contributed by atoms with Crippen LogP contribution in [0.4, 0.5) is 4.79 Å². The number of alkyl carbamates (subject to hydrolysis) is 1. The molecule has 5 rings (SSSR count). The second-order valence-electron chi connectivity index (χ2n) is 8.70. The maximum Gasteiger partial charge on any atom is 0.407 e. The van der Waals surface area contributed by atoms with Gasteiger partial charge in [-0.1, -0.05) is 91.0 Å². The van der Waals surface area contributed by atoms with E-state index < -0.39 is 17.8 Å². The van der Waals surface area contributed by atoms with Gasteiger partial charge in [0, 0.05) is 19.6 Å². The second-order valence-corrected chi connectivity index (χ2v) is 8.70. The Kier molecular flexibility index (Phi) is 6.90. The summed E-state index contributed by atoms with van der Waals surface area (Å²) in [6.07, 6.45) is -0.789. The fourth-order valence-corrected chi connectivity index (χ4v) is 4.85. The molecule has 0 saturated carbocycles. The molecule has 2 atom stereocenters. The number of nitrogens with zero attached hydrogens (tertiary/aromatic N) is 1. The van der Waals surface area contributed by atoms with Gasteiger partial charge in [0.05, 0.1) is 25.9 Å². The lowest BCUT2D eigenvalue weighted by Crippen LogP contribution is -2.48. The first-order chi connectivity index (χ1) is 16.8. The maximum absolute atomic E-state index is 12.2. The highest BCUT2D eigenvalue weighted by atomic mass is 16.6. The van der Waals surface area contributed by atoms with Gasteiger partial charge >= 0.3 is 6.09 Å². The Labute approximate surface area is 200 Å². The van der Waals surface area contributed by atoms with Gasteiger partial charge in [0.2, 0.25) is 0 Å². The molecule has 3 aromatic rings. The zero-order chi connectivity index (χ0) is 23.2. The molecule has 0 radical (unpaired) electrons. The molecule has 0 unspecified atom stereocenters. The predicted molar refractivity (Wildman–Crippen MR) is 130 cm³/mol. The van der Waals surface area contributed by atoms with Crippen molar-refractivity contribution in [1.82, 2.24) is 10.2 Å². The van der Waals surface area contributed by atoms with E-state index in [9.17, 15) is 4.79 Å². The van der Waals surface area contributed by atoms with E-state index >= 15 is 0 Å². The van der Waals surface area contributed by atoms with Crippen molar-refractivity contribution in [1.29, 1.82) is 0 Å². The molecule has 6 heteroatoms. The van der Waals surface area contributed by atoms with Crippen LogP contribution in [0, 0.1) is 0 Å². The van der Waals surface area contributed by atoms with Crippen LogP contribution in [0.1, 0.15) is 16.7 Å². The molecule has 0 spiro atoms. The molecule has 3 aromatic carbocycles. The van der Waals surface area contributed by atoms with Crippen LogP contribution in [0.25, 0.3) is 0 Å². The number of morpholine rings is 1. The monoisotopic (exact) mass is 458 g/mol. The predicted octanol–water partition coefficient (Wildman–Crippen LogP) is 3.80. The summed E-state index contributed by atoms with van der Waals surface area (Å²) >= 11 is 0. The van der Waals surface area contributed by atoms with Crippen molar-refractivity contribution in [2.75, 3.05) is 39.5 Å². The van der Waals surface area contributed by atoms with Crippen LogP contribution in [0.3, 0.4) is 0 Å². The minimum absolute atomic E-state index is 0.148. The van der Waals surface area contributed by atoms with E-state index in [2.05, 4.69) is 46.6 Å². The van der Waals surface area contributed by atoms with Crippen molar-refractivity contribution in [3.63, 3.8) is 0 Å². The smallest absolute Gasteiger partial charge is 0.407 e. The van der Waals surface area contributed by atoms with Crippen LogP contribution in [0.2, 0.25) is 0 Å². The first-order valence-electron chi connectivity index (χ1n) is 11.8. The van der Waals surface area contributed by atoms with Gasteiger partial charge in [-0.2, -0.15) is 0 Å². The number of hydrogen-bond acceptors (Lipinski definition) is 5. The van der Waals surface area contributed by atoms with Crippen LogP contribution in [0.15, 0.2) is 91.0 Å². The lowest BCUT2D eigenvalue weighted by Gasteiger charge is -2.37. The summed E-state index contributed by atoms with van der Waals surface area (Å²) in [5.74, 6) is 0. The van der Waals surface area contributed by atoms with Crippen molar-refractivity contribution < 1.29 is 19.0 Å². The third-order valence-corrected chi connectivity index (χ3v) is 6.57. The number of hydrogen-bond donors (Lipinski definition) is 1. The number of rotatable bonds is 8. The van der Waals surface area contributed by atoms with Crippen LogP contribution >= 0.6 is 0 Å².